The van der Waals surface area contributed by atoms with E-state index in [-0.39, 0.29) is 17.9 Å². The Balaban J connectivity index is 1.45. The Labute approximate surface area is 197 Å². The number of ether oxygens (including phenoxy) is 1. The molecule has 1 saturated heterocycles. The number of benzene rings is 1. The van der Waals surface area contributed by atoms with Crippen molar-refractivity contribution >= 4 is 34.3 Å². The van der Waals surface area contributed by atoms with Gasteiger partial charge in [-0.05, 0) is 61.8 Å². The van der Waals surface area contributed by atoms with Gasteiger partial charge in [-0.15, -0.1) is 11.3 Å². The van der Waals surface area contributed by atoms with E-state index in [1.165, 1.54) is 11.3 Å². The number of imide groups is 1. The van der Waals surface area contributed by atoms with Crippen LogP contribution in [0.15, 0.2) is 24.3 Å². The molecule has 2 heterocycles. The molecular weight excluding hydrogens is 440 g/mol. The molecular formula is C24H30N4O4S. The normalized spacial score (nSPS) is 24.2. The molecule has 1 aromatic heterocycles. The first-order valence-electron chi connectivity index (χ1n) is 11.1. The molecule has 0 radical (unpaired) electrons. The van der Waals surface area contributed by atoms with Crippen LogP contribution in [0, 0.1) is 18.3 Å². The smallest absolute Gasteiger partial charge is 0.325 e. The number of aryl methyl sites for hydroxylation is 1. The molecule has 2 fully saturated rings. The van der Waals surface area contributed by atoms with Gasteiger partial charge in [-0.2, -0.15) is 0 Å². The Morgan fingerprint density at radius 2 is 1.97 bits per heavy atom. The Hall–Kier alpha value is -2.94. The highest BCUT2D eigenvalue weighted by atomic mass is 32.1. The largest absolute Gasteiger partial charge is 0.497 e. The summed E-state index contributed by atoms with van der Waals surface area (Å²) in [5.41, 5.74) is 0.702. The van der Waals surface area contributed by atoms with Gasteiger partial charge in [0.2, 0.25) is 5.91 Å². The van der Waals surface area contributed by atoms with E-state index in [9.17, 15) is 14.4 Å². The van der Waals surface area contributed by atoms with Crippen LogP contribution in [0.4, 0.5) is 9.93 Å². The Bertz CT molecular complexity index is 1090. The minimum absolute atomic E-state index is 0.0604. The van der Waals surface area contributed by atoms with Crippen LogP contribution in [-0.4, -0.2) is 46.9 Å². The molecule has 1 aliphatic carbocycles. The molecule has 33 heavy (non-hydrogen) atoms. The van der Waals surface area contributed by atoms with E-state index >= 15 is 0 Å². The average molecular weight is 471 g/mol. The molecule has 4 amide bonds. The lowest BCUT2D eigenvalue weighted by Gasteiger charge is -2.43. The highest BCUT2D eigenvalue weighted by Gasteiger charge is 2.56. The number of rotatable bonds is 5. The standard InChI is InChI=1S/C24H30N4O4S/c1-14-10-23(3,4)13-24(11-14)20(30)28(22(31)27-24)12-18(29)25-21-26-19(15(2)33-21)16-6-8-17(32-5)9-7-16/h6-9,14H,10-13H2,1-5H3,(H,27,31)(H,25,26,29)/t14-,24-/m1/s1. The number of carbonyl (C=O) groups excluding carboxylic acids is 3. The molecule has 1 spiro atoms. The summed E-state index contributed by atoms with van der Waals surface area (Å²) in [6, 6.07) is 7.02. The predicted octanol–water partition coefficient (Wildman–Crippen LogP) is 4.20. The summed E-state index contributed by atoms with van der Waals surface area (Å²) >= 11 is 1.35. The number of urea groups is 1. The van der Waals surface area contributed by atoms with Gasteiger partial charge in [0.15, 0.2) is 5.13 Å². The van der Waals surface area contributed by atoms with E-state index in [1.807, 2.05) is 31.2 Å². The lowest BCUT2D eigenvalue weighted by molar-refractivity contribution is -0.136. The second-order valence-corrected chi connectivity index (χ2v) is 11.2. The van der Waals surface area contributed by atoms with Crippen LogP contribution in [0.25, 0.3) is 11.3 Å². The Morgan fingerprint density at radius 3 is 2.61 bits per heavy atom. The lowest BCUT2D eigenvalue weighted by atomic mass is 9.64. The third-order valence-electron chi connectivity index (χ3n) is 6.33. The molecule has 0 bridgehead atoms. The van der Waals surface area contributed by atoms with Gasteiger partial charge < -0.3 is 15.4 Å². The molecule has 8 nitrogen and oxygen atoms in total. The van der Waals surface area contributed by atoms with Crippen molar-refractivity contribution in [2.75, 3.05) is 19.0 Å². The van der Waals surface area contributed by atoms with E-state index in [4.69, 9.17) is 4.74 Å². The SMILES string of the molecule is COc1ccc(-c2nc(NC(=O)CN3C(=O)N[C@@]4(C[C@H](C)CC(C)(C)C4)C3=O)sc2C)cc1. The number of nitrogens with one attached hydrogen (secondary N) is 2. The average Bonchev–Trinajstić information content (AvgIpc) is 3.18. The number of hydrogen-bond acceptors (Lipinski definition) is 6. The van der Waals surface area contributed by atoms with Gasteiger partial charge in [0.05, 0.1) is 12.8 Å². The van der Waals surface area contributed by atoms with Gasteiger partial charge in [0.1, 0.15) is 17.8 Å². The van der Waals surface area contributed by atoms with Crippen molar-refractivity contribution in [2.24, 2.45) is 11.3 Å². The molecule has 2 aliphatic rings. The number of anilines is 1. The van der Waals surface area contributed by atoms with Crippen molar-refractivity contribution in [3.63, 3.8) is 0 Å². The summed E-state index contributed by atoms with van der Waals surface area (Å²) in [6.07, 6.45) is 2.16. The Kier molecular flexibility index (Phi) is 5.94. The van der Waals surface area contributed by atoms with Crippen LogP contribution in [0.5, 0.6) is 5.75 Å². The first-order chi connectivity index (χ1) is 15.5. The van der Waals surface area contributed by atoms with Crippen molar-refractivity contribution < 1.29 is 19.1 Å². The van der Waals surface area contributed by atoms with Crippen molar-refractivity contribution in [2.45, 2.75) is 52.5 Å². The number of nitrogens with zero attached hydrogens (tertiary/aromatic N) is 2. The monoisotopic (exact) mass is 470 g/mol. The van der Waals surface area contributed by atoms with Crippen molar-refractivity contribution in [1.82, 2.24) is 15.2 Å². The van der Waals surface area contributed by atoms with Crippen molar-refractivity contribution in [3.05, 3.63) is 29.1 Å². The molecule has 1 saturated carbocycles. The zero-order chi connectivity index (χ0) is 24.0. The maximum Gasteiger partial charge on any atom is 0.325 e. The molecule has 1 aliphatic heterocycles. The highest BCUT2D eigenvalue weighted by Crippen LogP contribution is 2.46. The maximum atomic E-state index is 13.2. The summed E-state index contributed by atoms with van der Waals surface area (Å²) in [5.74, 6) is 0.300. The van der Waals surface area contributed by atoms with Crippen LogP contribution in [-0.2, 0) is 9.59 Å². The first kappa shape index (κ1) is 23.2. The number of carbonyl (C=O) groups is 3. The van der Waals surface area contributed by atoms with E-state index in [1.54, 1.807) is 7.11 Å². The number of thiazole rings is 1. The minimum Gasteiger partial charge on any atom is -0.497 e. The van der Waals surface area contributed by atoms with Crippen LogP contribution in [0.2, 0.25) is 0 Å². The van der Waals surface area contributed by atoms with Gasteiger partial charge in [-0.25, -0.2) is 9.78 Å². The molecule has 2 aromatic rings. The third-order valence-corrected chi connectivity index (χ3v) is 7.22. The fraction of sp³-hybridized carbons (Fsp3) is 0.500. The van der Waals surface area contributed by atoms with Crippen LogP contribution in [0.3, 0.4) is 0 Å². The zero-order valence-corrected chi connectivity index (χ0v) is 20.5. The number of aromatic nitrogens is 1. The number of hydrogen-bond donors (Lipinski definition) is 2. The molecule has 2 N–H and O–H groups in total. The van der Waals surface area contributed by atoms with Crippen LogP contribution >= 0.6 is 11.3 Å². The van der Waals surface area contributed by atoms with E-state index in [0.717, 1.165) is 33.2 Å². The van der Waals surface area contributed by atoms with E-state index in [0.29, 0.717) is 23.9 Å². The quantitative estimate of drug-likeness (QED) is 0.638. The second kappa shape index (κ2) is 8.44. The van der Waals surface area contributed by atoms with Crippen molar-refractivity contribution in [3.8, 4) is 17.0 Å². The van der Waals surface area contributed by atoms with Crippen molar-refractivity contribution in [1.29, 1.82) is 0 Å². The summed E-state index contributed by atoms with van der Waals surface area (Å²) < 4.78 is 5.19. The summed E-state index contributed by atoms with van der Waals surface area (Å²) in [6.45, 7) is 7.93. The first-order valence-corrected chi connectivity index (χ1v) is 11.9. The highest BCUT2D eigenvalue weighted by molar-refractivity contribution is 7.16. The summed E-state index contributed by atoms with van der Waals surface area (Å²) in [5, 5.41) is 6.08. The van der Waals surface area contributed by atoms with E-state index in [2.05, 4.69) is 36.4 Å². The topological polar surface area (TPSA) is 101 Å². The number of methoxy groups -OCH3 is 1. The predicted molar refractivity (Wildman–Crippen MR) is 127 cm³/mol. The minimum atomic E-state index is -0.919. The van der Waals surface area contributed by atoms with Gasteiger partial charge in [-0.3, -0.25) is 14.5 Å². The summed E-state index contributed by atoms with van der Waals surface area (Å²) in [4.78, 5) is 45.2. The van der Waals surface area contributed by atoms with E-state index < -0.39 is 17.5 Å². The zero-order valence-electron chi connectivity index (χ0n) is 19.7. The Morgan fingerprint density at radius 1 is 1.27 bits per heavy atom. The lowest BCUT2D eigenvalue weighted by Crippen LogP contribution is -2.54. The van der Waals surface area contributed by atoms with Crippen LogP contribution < -0.4 is 15.4 Å². The van der Waals surface area contributed by atoms with Gasteiger partial charge in [0.25, 0.3) is 5.91 Å². The number of amides is 4. The third kappa shape index (κ3) is 4.59. The second-order valence-electron chi connectivity index (χ2n) is 9.96. The molecule has 2 atom stereocenters. The molecule has 176 valence electrons. The molecule has 9 heteroatoms. The fourth-order valence-corrected chi connectivity index (χ4v) is 6.27. The van der Waals surface area contributed by atoms with Crippen LogP contribution in [0.1, 0.15) is 44.9 Å². The summed E-state index contributed by atoms with van der Waals surface area (Å²) in [7, 11) is 1.61. The molecule has 0 unspecified atom stereocenters. The van der Waals surface area contributed by atoms with Gasteiger partial charge in [-0.1, -0.05) is 20.8 Å². The molecule has 4 rings (SSSR count). The fourth-order valence-electron chi connectivity index (χ4n) is 5.42. The molecule has 1 aromatic carbocycles. The van der Waals surface area contributed by atoms with Gasteiger partial charge >= 0.3 is 6.03 Å². The van der Waals surface area contributed by atoms with Gasteiger partial charge in [0, 0.05) is 10.4 Å². The maximum absolute atomic E-state index is 13.2.